The van der Waals surface area contributed by atoms with Crippen LogP contribution >= 0.6 is 0 Å². The number of likely N-dealkylation sites (tertiary alicyclic amines) is 1. The second kappa shape index (κ2) is 6.20. The Morgan fingerprint density at radius 1 is 0.810 bits per heavy atom. The van der Waals surface area contributed by atoms with Gasteiger partial charge in [0.1, 0.15) is 0 Å². The van der Waals surface area contributed by atoms with Gasteiger partial charge in [-0.1, -0.05) is 12.8 Å². The molecule has 0 aromatic rings. The molecule has 2 atom stereocenters. The van der Waals surface area contributed by atoms with E-state index in [2.05, 4.69) is 10.2 Å². The van der Waals surface area contributed by atoms with Crippen molar-refractivity contribution in [1.82, 2.24) is 10.2 Å². The van der Waals surface area contributed by atoms with Crippen molar-refractivity contribution in [2.75, 3.05) is 19.6 Å². The molecule has 2 aliphatic heterocycles. The van der Waals surface area contributed by atoms with Crippen LogP contribution in [0, 0.1) is 11.3 Å². The van der Waals surface area contributed by atoms with E-state index in [-0.39, 0.29) is 0 Å². The molecule has 2 nitrogen and oxygen atoms in total. The van der Waals surface area contributed by atoms with Crippen LogP contribution in [0.25, 0.3) is 0 Å². The SMILES string of the molecule is C1CNC(C2CCCN(C3CCC4(CCCC4)CC3)C2)C1. The average Bonchev–Trinajstić information content (AvgIpc) is 3.20. The molecule has 2 heteroatoms. The Morgan fingerprint density at radius 2 is 1.62 bits per heavy atom. The number of nitrogens with one attached hydrogen (secondary N) is 1. The van der Waals surface area contributed by atoms with Gasteiger partial charge in [0, 0.05) is 18.6 Å². The molecule has 2 heterocycles. The summed E-state index contributed by atoms with van der Waals surface area (Å²) in [5, 5.41) is 3.76. The van der Waals surface area contributed by atoms with Gasteiger partial charge in [-0.25, -0.2) is 0 Å². The average molecular weight is 290 g/mol. The van der Waals surface area contributed by atoms with Gasteiger partial charge in [0.2, 0.25) is 0 Å². The molecule has 0 aromatic heterocycles. The van der Waals surface area contributed by atoms with Crippen molar-refractivity contribution in [3.8, 4) is 0 Å². The van der Waals surface area contributed by atoms with Crippen LogP contribution < -0.4 is 5.32 Å². The van der Waals surface area contributed by atoms with Crippen LogP contribution in [0.3, 0.4) is 0 Å². The topological polar surface area (TPSA) is 15.3 Å². The zero-order chi connectivity index (χ0) is 14.1. The van der Waals surface area contributed by atoms with Gasteiger partial charge in [-0.15, -0.1) is 0 Å². The summed E-state index contributed by atoms with van der Waals surface area (Å²) in [6.45, 7) is 4.06. The van der Waals surface area contributed by atoms with Crippen molar-refractivity contribution in [1.29, 1.82) is 0 Å². The molecule has 21 heavy (non-hydrogen) atoms. The first-order chi connectivity index (χ1) is 10.3. The largest absolute Gasteiger partial charge is 0.314 e. The van der Waals surface area contributed by atoms with E-state index in [9.17, 15) is 0 Å². The van der Waals surface area contributed by atoms with Crippen molar-refractivity contribution >= 4 is 0 Å². The molecule has 2 unspecified atom stereocenters. The predicted molar refractivity (Wildman–Crippen MR) is 88.5 cm³/mol. The molecule has 4 aliphatic rings. The maximum Gasteiger partial charge on any atom is 0.0108 e. The smallest absolute Gasteiger partial charge is 0.0108 e. The van der Waals surface area contributed by atoms with Gasteiger partial charge in [0.05, 0.1) is 0 Å². The van der Waals surface area contributed by atoms with Gasteiger partial charge in [0.25, 0.3) is 0 Å². The lowest BCUT2D eigenvalue weighted by molar-refractivity contribution is 0.0529. The van der Waals surface area contributed by atoms with E-state index in [0.717, 1.165) is 23.4 Å². The van der Waals surface area contributed by atoms with Gasteiger partial charge < -0.3 is 10.2 Å². The molecule has 2 aliphatic carbocycles. The van der Waals surface area contributed by atoms with E-state index < -0.39 is 0 Å². The Morgan fingerprint density at radius 3 is 2.33 bits per heavy atom. The van der Waals surface area contributed by atoms with E-state index in [1.807, 2.05) is 0 Å². The van der Waals surface area contributed by atoms with Gasteiger partial charge >= 0.3 is 0 Å². The third-order valence-corrected chi connectivity index (χ3v) is 7.35. The Labute approximate surface area is 131 Å². The fourth-order valence-corrected chi connectivity index (χ4v) is 6.02. The molecule has 4 rings (SSSR count). The van der Waals surface area contributed by atoms with E-state index in [1.54, 1.807) is 25.7 Å². The Bertz CT molecular complexity index is 331. The second-order valence-electron chi connectivity index (χ2n) is 8.54. The van der Waals surface area contributed by atoms with E-state index in [4.69, 9.17) is 0 Å². The maximum atomic E-state index is 3.76. The van der Waals surface area contributed by atoms with Crippen LogP contribution in [0.1, 0.15) is 77.0 Å². The highest BCUT2D eigenvalue weighted by Crippen LogP contribution is 2.49. The summed E-state index contributed by atoms with van der Waals surface area (Å²) in [7, 11) is 0. The first-order valence-corrected chi connectivity index (χ1v) is 9.82. The lowest BCUT2D eigenvalue weighted by Crippen LogP contribution is -2.49. The standard InChI is InChI=1S/C19H34N2/c1-2-10-19(9-1)11-7-17(8-12-19)21-14-4-5-16(15-21)18-6-3-13-20-18/h16-18,20H,1-15H2. The lowest BCUT2D eigenvalue weighted by Gasteiger charge is -2.45. The Hall–Kier alpha value is -0.0800. The number of piperidine rings is 1. The molecule has 0 bridgehead atoms. The second-order valence-corrected chi connectivity index (χ2v) is 8.54. The van der Waals surface area contributed by atoms with E-state index in [0.29, 0.717) is 0 Å². The van der Waals surface area contributed by atoms with Crippen molar-refractivity contribution < 1.29 is 0 Å². The summed E-state index contributed by atoms with van der Waals surface area (Å²) < 4.78 is 0. The van der Waals surface area contributed by atoms with Gasteiger partial charge in [-0.05, 0) is 88.6 Å². The fraction of sp³-hybridized carbons (Fsp3) is 1.00. The number of rotatable bonds is 2. The predicted octanol–water partition coefficient (Wildman–Crippen LogP) is 3.95. The van der Waals surface area contributed by atoms with Crippen LogP contribution in [-0.2, 0) is 0 Å². The van der Waals surface area contributed by atoms with Crippen LogP contribution in [0.4, 0.5) is 0 Å². The molecule has 0 radical (unpaired) electrons. The summed E-state index contributed by atoms with van der Waals surface area (Å²) in [6, 6.07) is 1.78. The molecule has 1 spiro atoms. The zero-order valence-electron chi connectivity index (χ0n) is 13.8. The maximum absolute atomic E-state index is 3.76. The molecule has 0 amide bonds. The molecule has 2 saturated carbocycles. The fourth-order valence-electron chi connectivity index (χ4n) is 6.02. The van der Waals surface area contributed by atoms with Gasteiger partial charge in [-0.3, -0.25) is 0 Å². The van der Waals surface area contributed by atoms with Crippen LogP contribution in [0.15, 0.2) is 0 Å². The van der Waals surface area contributed by atoms with Crippen LogP contribution in [-0.4, -0.2) is 36.6 Å². The summed E-state index contributed by atoms with van der Waals surface area (Å²) in [6.07, 6.45) is 18.0. The lowest BCUT2D eigenvalue weighted by atomic mass is 9.71. The minimum atomic E-state index is 0.804. The molecular formula is C19H34N2. The summed E-state index contributed by atoms with van der Waals surface area (Å²) in [4.78, 5) is 2.90. The van der Waals surface area contributed by atoms with Crippen molar-refractivity contribution in [2.45, 2.75) is 89.1 Å². The molecule has 120 valence electrons. The van der Waals surface area contributed by atoms with E-state index >= 15 is 0 Å². The molecule has 0 aromatic carbocycles. The van der Waals surface area contributed by atoms with Crippen LogP contribution in [0.2, 0.25) is 0 Å². The normalized spacial score (nSPS) is 38.3. The third-order valence-electron chi connectivity index (χ3n) is 7.35. The minimum absolute atomic E-state index is 0.804. The molecule has 4 fully saturated rings. The summed E-state index contributed by atoms with van der Waals surface area (Å²) >= 11 is 0. The van der Waals surface area contributed by atoms with E-state index in [1.165, 1.54) is 71.0 Å². The van der Waals surface area contributed by atoms with Crippen molar-refractivity contribution in [3.63, 3.8) is 0 Å². The molecule has 2 saturated heterocycles. The monoisotopic (exact) mass is 290 g/mol. The minimum Gasteiger partial charge on any atom is -0.314 e. The highest BCUT2D eigenvalue weighted by Gasteiger charge is 2.40. The first-order valence-electron chi connectivity index (χ1n) is 9.82. The van der Waals surface area contributed by atoms with Crippen molar-refractivity contribution in [3.05, 3.63) is 0 Å². The highest BCUT2D eigenvalue weighted by molar-refractivity contribution is 4.94. The number of nitrogens with zero attached hydrogens (tertiary/aromatic N) is 1. The van der Waals surface area contributed by atoms with Gasteiger partial charge in [0.15, 0.2) is 0 Å². The molecular weight excluding hydrogens is 256 g/mol. The quantitative estimate of drug-likeness (QED) is 0.828. The zero-order valence-corrected chi connectivity index (χ0v) is 13.8. The number of hydrogen-bond acceptors (Lipinski definition) is 2. The Kier molecular flexibility index (Phi) is 4.28. The molecule has 1 N–H and O–H groups in total. The Balaban J connectivity index is 1.31. The summed E-state index contributed by atoms with van der Waals surface area (Å²) in [5.41, 5.74) is 0.804. The number of hydrogen-bond donors (Lipinski definition) is 1. The highest BCUT2D eigenvalue weighted by atomic mass is 15.2. The first kappa shape index (κ1) is 14.5. The van der Waals surface area contributed by atoms with Crippen LogP contribution in [0.5, 0.6) is 0 Å². The third kappa shape index (κ3) is 3.03. The van der Waals surface area contributed by atoms with Gasteiger partial charge in [-0.2, -0.15) is 0 Å². The van der Waals surface area contributed by atoms with Crippen molar-refractivity contribution in [2.24, 2.45) is 11.3 Å². The summed E-state index contributed by atoms with van der Waals surface area (Å²) in [5.74, 6) is 0.948.